The number of carbonyl (C=O) groups is 1. The van der Waals surface area contributed by atoms with Gasteiger partial charge in [0, 0.05) is 12.1 Å². The zero-order valence-corrected chi connectivity index (χ0v) is 11.8. The van der Waals surface area contributed by atoms with Crippen molar-refractivity contribution in [1.29, 1.82) is 5.41 Å². The van der Waals surface area contributed by atoms with Gasteiger partial charge in [0.25, 0.3) is 5.91 Å². The Morgan fingerprint density at radius 1 is 1.21 bits per heavy atom. The van der Waals surface area contributed by atoms with E-state index in [1.54, 1.807) is 12.1 Å². The zero-order chi connectivity index (χ0) is 14.4. The predicted molar refractivity (Wildman–Crippen MR) is 77.3 cm³/mol. The van der Waals surface area contributed by atoms with Gasteiger partial charge in [-0.2, -0.15) is 0 Å². The van der Waals surface area contributed by atoms with Crippen molar-refractivity contribution >= 4 is 11.9 Å². The molecule has 0 unspecified atom stereocenters. The summed E-state index contributed by atoms with van der Waals surface area (Å²) in [4.78, 5) is 15.6. The average molecular weight is 262 g/mol. The Labute approximate surface area is 114 Å². The summed E-state index contributed by atoms with van der Waals surface area (Å²) in [5, 5.41) is 7.53. The van der Waals surface area contributed by atoms with E-state index in [9.17, 15) is 4.79 Å². The molecular weight excluding hydrogens is 240 g/mol. The maximum absolute atomic E-state index is 12.3. The van der Waals surface area contributed by atoms with E-state index < -0.39 is 0 Å². The average Bonchev–Trinajstić information content (AvgIpc) is 2.34. The Morgan fingerprint density at radius 2 is 1.79 bits per heavy atom. The van der Waals surface area contributed by atoms with Crippen molar-refractivity contribution in [3.8, 4) is 0 Å². The van der Waals surface area contributed by atoms with Gasteiger partial charge < -0.3 is 10.6 Å². The topological polar surface area (TPSA) is 73.4 Å². The molecule has 1 aromatic carbocycles. The fraction of sp³-hybridized carbons (Fsp3) is 0.429. The van der Waals surface area contributed by atoms with Crippen LogP contribution in [0.5, 0.6) is 0 Å². The predicted octanol–water partition coefficient (Wildman–Crippen LogP) is 1.28. The molecule has 19 heavy (non-hydrogen) atoms. The second-order valence-corrected chi connectivity index (χ2v) is 4.86. The highest BCUT2D eigenvalue weighted by Crippen LogP contribution is 2.07. The van der Waals surface area contributed by atoms with Crippen LogP contribution >= 0.6 is 0 Å². The first kappa shape index (κ1) is 15.2. The standard InChI is InChI=1S/C14H22N4O/c1-11-5-7-12(8-6-11)13(19)18(14(15)16)10-4-9-17(2)3/h5-8H,4,9-10H2,1-3H3,(H3,15,16). The van der Waals surface area contributed by atoms with Gasteiger partial charge in [-0.15, -0.1) is 0 Å². The molecule has 0 saturated carbocycles. The first-order valence-corrected chi connectivity index (χ1v) is 6.29. The molecule has 1 aromatic rings. The molecule has 0 fully saturated rings. The molecule has 0 aliphatic carbocycles. The molecule has 0 spiro atoms. The van der Waals surface area contributed by atoms with Crippen molar-refractivity contribution in [2.24, 2.45) is 5.73 Å². The van der Waals surface area contributed by atoms with Gasteiger partial charge in [0.1, 0.15) is 0 Å². The highest BCUT2D eigenvalue weighted by atomic mass is 16.2. The highest BCUT2D eigenvalue weighted by molar-refractivity contribution is 6.04. The third kappa shape index (κ3) is 4.71. The van der Waals surface area contributed by atoms with Crippen molar-refractivity contribution in [3.63, 3.8) is 0 Å². The number of amides is 1. The lowest BCUT2D eigenvalue weighted by Crippen LogP contribution is -2.42. The number of aryl methyl sites for hydroxylation is 1. The summed E-state index contributed by atoms with van der Waals surface area (Å²) in [6.07, 6.45) is 0.782. The number of guanidine groups is 1. The van der Waals surface area contributed by atoms with E-state index in [-0.39, 0.29) is 11.9 Å². The minimum absolute atomic E-state index is 0.204. The van der Waals surface area contributed by atoms with Crippen LogP contribution in [0.15, 0.2) is 24.3 Å². The summed E-state index contributed by atoms with van der Waals surface area (Å²) in [5.74, 6) is -0.421. The van der Waals surface area contributed by atoms with E-state index in [1.807, 2.05) is 38.1 Å². The molecule has 0 atom stereocenters. The minimum Gasteiger partial charge on any atom is -0.370 e. The fourth-order valence-corrected chi connectivity index (χ4v) is 1.73. The number of benzene rings is 1. The van der Waals surface area contributed by atoms with Crippen LogP contribution < -0.4 is 5.73 Å². The van der Waals surface area contributed by atoms with Crippen LogP contribution in [0.3, 0.4) is 0 Å². The highest BCUT2D eigenvalue weighted by Gasteiger charge is 2.17. The minimum atomic E-state index is -0.216. The normalized spacial score (nSPS) is 10.5. The first-order chi connectivity index (χ1) is 8.91. The molecule has 5 nitrogen and oxygen atoms in total. The van der Waals surface area contributed by atoms with Crippen LogP contribution in [0.2, 0.25) is 0 Å². The smallest absolute Gasteiger partial charge is 0.260 e. The molecule has 0 radical (unpaired) electrons. The second-order valence-electron chi connectivity index (χ2n) is 4.86. The van der Waals surface area contributed by atoms with Gasteiger partial charge in [-0.05, 0) is 46.1 Å². The van der Waals surface area contributed by atoms with Crippen molar-refractivity contribution in [3.05, 3.63) is 35.4 Å². The lowest BCUT2D eigenvalue weighted by Gasteiger charge is -2.21. The third-order valence-corrected chi connectivity index (χ3v) is 2.82. The second kappa shape index (κ2) is 6.89. The van der Waals surface area contributed by atoms with Crippen LogP contribution in [-0.2, 0) is 0 Å². The van der Waals surface area contributed by atoms with Gasteiger partial charge in [-0.1, -0.05) is 17.7 Å². The Bertz CT molecular complexity index is 439. The fourth-order valence-electron chi connectivity index (χ4n) is 1.73. The Hall–Kier alpha value is -1.88. The molecule has 5 heteroatoms. The van der Waals surface area contributed by atoms with Gasteiger partial charge in [0.05, 0.1) is 0 Å². The van der Waals surface area contributed by atoms with E-state index in [0.717, 1.165) is 18.5 Å². The molecule has 3 N–H and O–H groups in total. The van der Waals surface area contributed by atoms with E-state index in [2.05, 4.69) is 0 Å². The maximum atomic E-state index is 12.3. The molecule has 1 amide bonds. The summed E-state index contributed by atoms with van der Waals surface area (Å²) in [5.41, 5.74) is 7.15. The molecule has 1 rings (SSSR count). The van der Waals surface area contributed by atoms with Crippen molar-refractivity contribution in [2.75, 3.05) is 27.2 Å². The maximum Gasteiger partial charge on any atom is 0.260 e. The van der Waals surface area contributed by atoms with Crippen LogP contribution in [-0.4, -0.2) is 48.9 Å². The Kier molecular flexibility index (Phi) is 5.51. The Morgan fingerprint density at radius 3 is 2.26 bits per heavy atom. The first-order valence-electron chi connectivity index (χ1n) is 6.29. The van der Waals surface area contributed by atoms with E-state index in [4.69, 9.17) is 11.1 Å². The summed E-state index contributed by atoms with van der Waals surface area (Å²) in [6, 6.07) is 7.29. The number of hydrogen-bond acceptors (Lipinski definition) is 3. The molecule has 0 bridgehead atoms. The van der Waals surface area contributed by atoms with Crippen molar-refractivity contribution in [1.82, 2.24) is 9.80 Å². The molecule has 0 aliphatic rings. The number of rotatable bonds is 5. The van der Waals surface area contributed by atoms with Crippen LogP contribution in [0.4, 0.5) is 0 Å². The monoisotopic (exact) mass is 262 g/mol. The van der Waals surface area contributed by atoms with Gasteiger partial charge in [-0.25, -0.2) is 0 Å². The molecule has 0 heterocycles. The molecule has 104 valence electrons. The van der Waals surface area contributed by atoms with E-state index >= 15 is 0 Å². The summed E-state index contributed by atoms with van der Waals surface area (Å²) in [7, 11) is 3.94. The summed E-state index contributed by atoms with van der Waals surface area (Å²) >= 11 is 0. The van der Waals surface area contributed by atoms with Gasteiger partial charge in [0.15, 0.2) is 5.96 Å². The lowest BCUT2D eigenvalue weighted by atomic mass is 10.1. The quantitative estimate of drug-likeness (QED) is 0.620. The largest absolute Gasteiger partial charge is 0.370 e. The summed E-state index contributed by atoms with van der Waals surface area (Å²) in [6.45, 7) is 3.28. The van der Waals surface area contributed by atoms with Crippen LogP contribution in [0, 0.1) is 12.3 Å². The number of nitrogens with zero attached hydrogens (tertiary/aromatic N) is 2. The van der Waals surface area contributed by atoms with E-state index in [1.165, 1.54) is 4.90 Å². The molecular formula is C14H22N4O. The Balaban J connectivity index is 2.73. The molecule has 0 aromatic heterocycles. The number of carbonyl (C=O) groups excluding carboxylic acids is 1. The number of nitrogens with one attached hydrogen (secondary N) is 1. The molecule has 0 aliphatic heterocycles. The number of nitrogens with two attached hydrogens (primary N) is 1. The van der Waals surface area contributed by atoms with Crippen LogP contribution in [0.1, 0.15) is 22.3 Å². The van der Waals surface area contributed by atoms with E-state index in [0.29, 0.717) is 12.1 Å². The van der Waals surface area contributed by atoms with Crippen LogP contribution in [0.25, 0.3) is 0 Å². The zero-order valence-electron chi connectivity index (χ0n) is 11.8. The summed E-state index contributed by atoms with van der Waals surface area (Å²) < 4.78 is 0. The van der Waals surface area contributed by atoms with Crippen molar-refractivity contribution < 1.29 is 4.79 Å². The third-order valence-electron chi connectivity index (χ3n) is 2.82. The van der Waals surface area contributed by atoms with Crippen molar-refractivity contribution in [2.45, 2.75) is 13.3 Å². The van der Waals surface area contributed by atoms with Gasteiger partial charge in [-0.3, -0.25) is 15.1 Å². The lowest BCUT2D eigenvalue weighted by molar-refractivity contribution is 0.0841. The SMILES string of the molecule is Cc1ccc(C(=O)N(CCCN(C)C)C(=N)N)cc1. The van der Waals surface area contributed by atoms with Gasteiger partial charge >= 0.3 is 0 Å². The van der Waals surface area contributed by atoms with Gasteiger partial charge in [0.2, 0.25) is 0 Å². The number of hydrogen-bond donors (Lipinski definition) is 2. The molecule has 0 saturated heterocycles.